The summed E-state index contributed by atoms with van der Waals surface area (Å²) in [6.45, 7) is -0.972. The van der Waals surface area contributed by atoms with E-state index >= 15 is 0 Å². The van der Waals surface area contributed by atoms with Gasteiger partial charge in [-0.15, -0.1) is 0 Å². The van der Waals surface area contributed by atoms with Gasteiger partial charge in [-0.2, -0.15) is 0 Å². The number of carbonyl (C=O) groups excluding carboxylic acids is 4. The van der Waals surface area contributed by atoms with Crippen molar-refractivity contribution in [3.63, 3.8) is 0 Å². The largest absolute Gasteiger partial charge is 0.454 e. The van der Waals surface area contributed by atoms with Crippen LogP contribution in [0.3, 0.4) is 0 Å². The number of rotatable bonds is 4. The maximum Gasteiger partial charge on any atom is 0.326 e. The molecule has 2 N–H and O–H groups in total. The molecule has 0 aromatic rings. The number of hydrogen-bond donors (Lipinski definition) is 1. The number of imide groups is 1. The van der Waals surface area contributed by atoms with Crippen LogP contribution in [-0.2, 0) is 23.9 Å². The van der Waals surface area contributed by atoms with Gasteiger partial charge in [0.15, 0.2) is 6.61 Å². The van der Waals surface area contributed by atoms with Crippen LogP contribution in [0, 0.1) is 11.8 Å². The quantitative estimate of drug-likeness (QED) is 0.530. The fraction of sp³-hybridized carbons (Fsp3) is 0.667. The van der Waals surface area contributed by atoms with E-state index in [1.54, 1.807) is 0 Å². The lowest BCUT2D eigenvalue weighted by Gasteiger charge is -2.19. The van der Waals surface area contributed by atoms with Crippen LogP contribution in [0.4, 0.5) is 0 Å². The molecule has 1 saturated carbocycles. The number of ether oxygens (including phenoxy) is 1. The van der Waals surface area contributed by atoms with Crippen molar-refractivity contribution in [2.24, 2.45) is 17.6 Å². The summed E-state index contributed by atoms with van der Waals surface area (Å²) in [5.74, 6) is -2.74. The van der Waals surface area contributed by atoms with Gasteiger partial charge in [-0.1, -0.05) is 12.8 Å². The van der Waals surface area contributed by atoms with Crippen molar-refractivity contribution in [2.75, 3.05) is 13.2 Å². The second-order valence-corrected chi connectivity index (χ2v) is 4.89. The van der Waals surface area contributed by atoms with Gasteiger partial charge >= 0.3 is 5.97 Å². The molecule has 0 radical (unpaired) electrons. The number of carbonyl (C=O) groups is 4. The highest BCUT2D eigenvalue weighted by molar-refractivity contribution is 6.07. The summed E-state index contributed by atoms with van der Waals surface area (Å²) in [7, 11) is 0. The molecular weight excluding hydrogens is 252 g/mol. The second-order valence-electron chi connectivity index (χ2n) is 4.89. The molecule has 0 bridgehead atoms. The molecule has 0 spiro atoms. The number of esters is 1. The maximum absolute atomic E-state index is 12.0. The Morgan fingerprint density at radius 2 is 1.68 bits per heavy atom. The molecule has 0 unspecified atom stereocenters. The third-order valence-electron chi connectivity index (χ3n) is 3.60. The summed E-state index contributed by atoms with van der Waals surface area (Å²) in [6, 6.07) is 0. The van der Waals surface area contributed by atoms with Crippen molar-refractivity contribution < 1.29 is 23.9 Å². The van der Waals surface area contributed by atoms with E-state index in [1.165, 1.54) is 0 Å². The lowest BCUT2D eigenvalue weighted by molar-refractivity contribution is -0.154. The molecular formula is C12H16N2O5. The number of fused-ring (bicyclic) bond motifs is 1. The number of primary amides is 1. The predicted molar refractivity (Wildman–Crippen MR) is 62.3 cm³/mol. The van der Waals surface area contributed by atoms with E-state index in [0.29, 0.717) is 12.8 Å². The minimum absolute atomic E-state index is 0.287. The summed E-state index contributed by atoms with van der Waals surface area (Å²) in [4.78, 5) is 46.9. The Labute approximate surface area is 110 Å². The summed E-state index contributed by atoms with van der Waals surface area (Å²) in [5.41, 5.74) is 4.84. The minimum Gasteiger partial charge on any atom is -0.454 e. The van der Waals surface area contributed by atoms with Crippen molar-refractivity contribution in [2.45, 2.75) is 25.7 Å². The zero-order valence-corrected chi connectivity index (χ0v) is 10.5. The molecule has 1 aliphatic carbocycles. The van der Waals surface area contributed by atoms with Gasteiger partial charge in [0.05, 0.1) is 11.8 Å². The Balaban J connectivity index is 1.96. The van der Waals surface area contributed by atoms with Crippen LogP contribution in [-0.4, -0.2) is 41.7 Å². The average Bonchev–Trinajstić information content (AvgIpc) is 2.62. The van der Waals surface area contributed by atoms with Crippen LogP contribution in [0.1, 0.15) is 25.7 Å². The number of nitrogens with two attached hydrogens (primary N) is 1. The maximum atomic E-state index is 12.0. The summed E-state index contributed by atoms with van der Waals surface area (Å²) >= 11 is 0. The van der Waals surface area contributed by atoms with Gasteiger partial charge in [-0.3, -0.25) is 24.1 Å². The molecule has 2 atom stereocenters. The molecule has 7 heteroatoms. The first-order chi connectivity index (χ1) is 9.00. The molecule has 2 fully saturated rings. The van der Waals surface area contributed by atoms with Gasteiger partial charge in [-0.25, -0.2) is 0 Å². The Morgan fingerprint density at radius 1 is 1.16 bits per heavy atom. The van der Waals surface area contributed by atoms with E-state index in [-0.39, 0.29) is 23.7 Å². The summed E-state index contributed by atoms with van der Waals surface area (Å²) < 4.78 is 4.56. The van der Waals surface area contributed by atoms with E-state index in [9.17, 15) is 19.2 Å². The topological polar surface area (TPSA) is 107 Å². The van der Waals surface area contributed by atoms with Gasteiger partial charge < -0.3 is 10.5 Å². The number of likely N-dealkylation sites (tertiary alicyclic amines) is 1. The SMILES string of the molecule is NC(=O)COC(=O)CN1C(=O)[C@H]2CCCC[C@H]2C1=O. The molecule has 2 rings (SSSR count). The van der Waals surface area contributed by atoms with Crippen molar-refractivity contribution in [3.05, 3.63) is 0 Å². The molecule has 1 aliphatic heterocycles. The highest BCUT2D eigenvalue weighted by atomic mass is 16.5. The van der Waals surface area contributed by atoms with Gasteiger partial charge in [0, 0.05) is 0 Å². The van der Waals surface area contributed by atoms with Crippen molar-refractivity contribution in [1.82, 2.24) is 4.90 Å². The van der Waals surface area contributed by atoms with Gasteiger partial charge in [0.2, 0.25) is 11.8 Å². The molecule has 0 aromatic carbocycles. The molecule has 3 amide bonds. The molecule has 19 heavy (non-hydrogen) atoms. The smallest absolute Gasteiger partial charge is 0.326 e. The predicted octanol–water partition coefficient (Wildman–Crippen LogP) is -0.810. The van der Waals surface area contributed by atoms with E-state index in [0.717, 1.165) is 17.7 Å². The molecule has 7 nitrogen and oxygen atoms in total. The van der Waals surface area contributed by atoms with Crippen LogP contribution < -0.4 is 5.73 Å². The Kier molecular flexibility index (Phi) is 3.82. The van der Waals surface area contributed by atoms with E-state index in [4.69, 9.17) is 5.73 Å². The van der Waals surface area contributed by atoms with Crippen molar-refractivity contribution in [1.29, 1.82) is 0 Å². The van der Waals surface area contributed by atoms with Gasteiger partial charge in [-0.05, 0) is 12.8 Å². The molecule has 104 valence electrons. The number of amides is 3. The third kappa shape index (κ3) is 2.74. The van der Waals surface area contributed by atoms with Gasteiger partial charge in [0.1, 0.15) is 6.54 Å². The highest BCUT2D eigenvalue weighted by Crippen LogP contribution is 2.37. The second kappa shape index (κ2) is 5.38. The van der Waals surface area contributed by atoms with E-state index in [2.05, 4.69) is 4.74 Å². The van der Waals surface area contributed by atoms with Crippen LogP contribution in [0.2, 0.25) is 0 Å². The van der Waals surface area contributed by atoms with Gasteiger partial charge in [0.25, 0.3) is 5.91 Å². The molecule has 1 saturated heterocycles. The number of nitrogens with zero attached hydrogens (tertiary/aromatic N) is 1. The molecule has 2 aliphatic rings. The lowest BCUT2D eigenvalue weighted by Crippen LogP contribution is -2.37. The highest BCUT2D eigenvalue weighted by Gasteiger charge is 2.48. The standard InChI is InChI=1S/C12H16N2O5/c13-9(15)6-19-10(16)5-14-11(17)7-3-1-2-4-8(7)12(14)18/h7-8H,1-6H2,(H2,13,15)/t7-,8+. The van der Waals surface area contributed by atoms with Crippen molar-refractivity contribution in [3.8, 4) is 0 Å². The molecule has 0 aromatic heterocycles. The fourth-order valence-corrected chi connectivity index (χ4v) is 2.71. The minimum atomic E-state index is -0.792. The summed E-state index contributed by atoms with van der Waals surface area (Å²) in [6.07, 6.45) is 3.25. The zero-order chi connectivity index (χ0) is 14.0. The first-order valence-electron chi connectivity index (χ1n) is 6.30. The molecule has 1 heterocycles. The summed E-state index contributed by atoms with van der Waals surface area (Å²) in [5, 5.41) is 0. The normalized spacial score (nSPS) is 26.2. The average molecular weight is 268 g/mol. The van der Waals surface area contributed by atoms with Crippen LogP contribution in [0.5, 0.6) is 0 Å². The van der Waals surface area contributed by atoms with Crippen molar-refractivity contribution >= 4 is 23.7 Å². The first-order valence-corrected chi connectivity index (χ1v) is 6.30. The monoisotopic (exact) mass is 268 g/mol. The fourth-order valence-electron chi connectivity index (χ4n) is 2.71. The Hall–Kier alpha value is -1.92. The van der Waals surface area contributed by atoms with E-state index < -0.39 is 25.0 Å². The van der Waals surface area contributed by atoms with E-state index in [1.807, 2.05) is 0 Å². The van der Waals surface area contributed by atoms with Crippen LogP contribution in [0.25, 0.3) is 0 Å². The van der Waals surface area contributed by atoms with Crippen LogP contribution in [0.15, 0.2) is 0 Å². The first kappa shape index (κ1) is 13.5. The lowest BCUT2D eigenvalue weighted by atomic mass is 9.81. The van der Waals surface area contributed by atoms with Crippen LogP contribution >= 0.6 is 0 Å². The third-order valence-corrected chi connectivity index (χ3v) is 3.60. The Morgan fingerprint density at radius 3 is 2.16 bits per heavy atom. The Bertz CT molecular complexity index is 410. The zero-order valence-electron chi connectivity index (χ0n) is 10.5. The number of hydrogen-bond acceptors (Lipinski definition) is 5.